The summed E-state index contributed by atoms with van der Waals surface area (Å²) in [4.78, 5) is 4.64. The zero-order valence-electron chi connectivity index (χ0n) is 15.7. The van der Waals surface area contributed by atoms with E-state index in [2.05, 4.69) is 41.6 Å². The van der Waals surface area contributed by atoms with Gasteiger partial charge in [-0.25, -0.2) is 4.99 Å². The summed E-state index contributed by atoms with van der Waals surface area (Å²) < 4.78 is 11.0. The Bertz CT molecular complexity index is 519. The van der Waals surface area contributed by atoms with E-state index in [1.54, 1.807) is 7.11 Å². The molecule has 0 aliphatic heterocycles. The van der Waals surface area contributed by atoms with Gasteiger partial charge in [0, 0.05) is 20.2 Å². The molecule has 0 spiro atoms. The number of hydrogen-bond acceptors (Lipinski definition) is 3. The van der Waals surface area contributed by atoms with E-state index in [-0.39, 0.29) is 29.6 Å². The van der Waals surface area contributed by atoms with Crippen molar-refractivity contribution in [1.29, 1.82) is 0 Å². The quantitative estimate of drug-likeness (QED) is 0.363. The third kappa shape index (κ3) is 8.19. The smallest absolute Gasteiger partial charge is 0.191 e. The number of methoxy groups -OCH3 is 1. The van der Waals surface area contributed by atoms with Gasteiger partial charge in [0.25, 0.3) is 0 Å². The SMILES string of the molecule is CCNC(=NCc1ccc(OCC)c(C)c1)NCC(C)(C)OC.I. The Morgan fingerprint density at radius 2 is 1.92 bits per heavy atom. The molecule has 0 unspecified atom stereocenters. The molecule has 0 amide bonds. The Morgan fingerprint density at radius 1 is 1.21 bits per heavy atom. The fourth-order valence-electron chi connectivity index (χ4n) is 2.01. The highest BCUT2D eigenvalue weighted by molar-refractivity contribution is 14.0. The molecular weight excluding hydrogens is 417 g/mol. The van der Waals surface area contributed by atoms with Crippen molar-refractivity contribution in [3.63, 3.8) is 0 Å². The summed E-state index contributed by atoms with van der Waals surface area (Å²) in [6, 6.07) is 6.19. The molecule has 6 heteroatoms. The number of halogens is 1. The Labute approximate surface area is 163 Å². The molecular formula is C18H32IN3O2. The van der Waals surface area contributed by atoms with Crippen molar-refractivity contribution in [2.45, 2.75) is 46.8 Å². The van der Waals surface area contributed by atoms with Crippen LogP contribution < -0.4 is 15.4 Å². The van der Waals surface area contributed by atoms with E-state index >= 15 is 0 Å². The van der Waals surface area contributed by atoms with E-state index in [9.17, 15) is 0 Å². The number of aliphatic imine (C=N–C) groups is 1. The molecule has 0 aliphatic rings. The van der Waals surface area contributed by atoms with E-state index in [1.165, 1.54) is 0 Å². The third-order valence-corrected chi connectivity index (χ3v) is 3.54. The molecule has 0 aliphatic carbocycles. The first-order valence-electron chi connectivity index (χ1n) is 8.21. The van der Waals surface area contributed by atoms with Gasteiger partial charge >= 0.3 is 0 Å². The van der Waals surface area contributed by atoms with Gasteiger partial charge in [0.1, 0.15) is 5.75 Å². The molecule has 1 aromatic carbocycles. The molecule has 0 saturated carbocycles. The molecule has 1 rings (SSSR count). The lowest BCUT2D eigenvalue weighted by Gasteiger charge is -2.24. The molecule has 2 N–H and O–H groups in total. The van der Waals surface area contributed by atoms with E-state index < -0.39 is 0 Å². The Hall–Kier alpha value is -1.02. The predicted molar refractivity (Wildman–Crippen MR) is 112 cm³/mol. The van der Waals surface area contributed by atoms with Crippen LogP contribution in [0.15, 0.2) is 23.2 Å². The number of guanidine groups is 1. The van der Waals surface area contributed by atoms with Gasteiger partial charge in [-0.15, -0.1) is 24.0 Å². The van der Waals surface area contributed by atoms with Crippen LogP contribution in [0.4, 0.5) is 0 Å². The minimum Gasteiger partial charge on any atom is -0.494 e. The van der Waals surface area contributed by atoms with Crippen LogP contribution in [0.25, 0.3) is 0 Å². The van der Waals surface area contributed by atoms with Crippen LogP contribution >= 0.6 is 24.0 Å². The van der Waals surface area contributed by atoms with Gasteiger partial charge in [0.2, 0.25) is 0 Å². The topological polar surface area (TPSA) is 54.9 Å². The molecule has 0 aromatic heterocycles. The predicted octanol–water partition coefficient (Wildman–Crippen LogP) is 3.49. The highest BCUT2D eigenvalue weighted by atomic mass is 127. The van der Waals surface area contributed by atoms with Gasteiger partial charge in [-0.2, -0.15) is 0 Å². The van der Waals surface area contributed by atoms with E-state index in [4.69, 9.17) is 9.47 Å². The summed E-state index contributed by atoms with van der Waals surface area (Å²) in [6.45, 7) is 13.0. The second-order valence-corrected chi connectivity index (χ2v) is 6.05. The van der Waals surface area contributed by atoms with Gasteiger partial charge < -0.3 is 20.1 Å². The van der Waals surface area contributed by atoms with Crippen LogP contribution in [-0.2, 0) is 11.3 Å². The number of rotatable bonds is 8. The number of hydrogen-bond donors (Lipinski definition) is 2. The van der Waals surface area contributed by atoms with Crippen molar-refractivity contribution in [2.75, 3.05) is 26.8 Å². The lowest BCUT2D eigenvalue weighted by molar-refractivity contribution is 0.0268. The van der Waals surface area contributed by atoms with Crippen molar-refractivity contribution < 1.29 is 9.47 Å². The normalized spacial score (nSPS) is 11.7. The summed E-state index contributed by atoms with van der Waals surface area (Å²) >= 11 is 0. The summed E-state index contributed by atoms with van der Waals surface area (Å²) in [5.41, 5.74) is 2.07. The average Bonchev–Trinajstić information content (AvgIpc) is 2.52. The number of aryl methyl sites for hydroxylation is 1. The lowest BCUT2D eigenvalue weighted by Crippen LogP contribution is -2.45. The maximum atomic E-state index is 5.57. The molecule has 0 atom stereocenters. The van der Waals surface area contributed by atoms with E-state index in [0.29, 0.717) is 19.7 Å². The van der Waals surface area contributed by atoms with Crippen molar-refractivity contribution in [1.82, 2.24) is 10.6 Å². The highest BCUT2D eigenvalue weighted by Gasteiger charge is 2.16. The summed E-state index contributed by atoms with van der Waals surface area (Å²) in [5.74, 6) is 1.73. The van der Waals surface area contributed by atoms with Crippen molar-refractivity contribution >= 4 is 29.9 Å². The van der Waals surface area contributed by atoms with Crippen LogP contribution in [-0.4, -0.2) is 38.4 Å². The van der Waals surface area contributed by atoms with Crippen LogP contribution in [0, 0.1) is 6.92 Å². The summed E-state index contributed by atoms with van der Waals surface area (Å²) in [7, 11) is 1.72. The Morgan fingerprint density at radius 3 is 2.46 bits per heavy atom. The molecule has 24 heavy (non-hydrogen) atoms. The third-order valence-electron chi connectivity index (χ3n) is 3.54. The molecule has 0 heterocycles. The van der Waals surface area contributed by atoms with Crippen LogP contribution in [0.2, 0.25) is 0 Å². The number of ether oxygens (including phenoxy) is 2. The highest BCUT2D eigenvalue weighted by Crippen LogP contribution is 2.19. The van der Waals surface area contributed by atoms with Crippen molar-refractivity contribution in [2.24, 2.45) is 4.99 Å². The van der Waals surface area contributed by atoms with Gasteiger partial charge in [0.05, 0.1) is 18.8 Å². The average molecular weight is 449 g/mol. The lowest BCUT2D eigenvalue weighted by atomic mass is 10.1. The summed E-state index contributed by atoms with van der Waals surface area (Å²) in [6.07, 6.45) is 0. The molecule has 1 aromatic rings. The Balaban J connectivity index is 0.00000529. The van der Waals surface area contributed by atoms with Crippen LogP contribution in [0.3, 0.4) is 0 Å². The first-order chi connectivity index (χ1) is 10.9. The molecule has 0 saturated heterocycles. The van der Waals surface area contributed by atoms with Crippen LogP contribution in [0.5, 0.6) is 5.75 Å². The first-order valence-corrected chi connectivity index (χ1v) is 8.21. The number of nitrogens with one attached hydrogen (secondary N) is 2. The number of benzene rings is 1. The maximum absolute atomic E-state index is 5.57. The Kier molecular flexibility index (Phi) is 11.0. The van der Waals surface area contributed by atoms with Gasteiger partial charge in [-0.3, -0.25) is 0 Å². The zero-order chi connectivity index (χ0) is 17.3. The molecule has 0 fully saturated rings. The first kappa shape index (κ1) is 23.0. The number of nitrogens with zero attached hydrogens (tertiary/aromatic N) is 1. The minimum absolute atomic E-state index is 0. The van der Waals surface area contributed by atoms with Crippen molar-refractivity contribution in [3.05, 3.63) is 29.3 Å². The standard InChI is InChI=1S/C18H31N3O2.HI/c1-7-19-17(21-13-18(4,5)22-6)20-12-15-9-10-16(23-8-2)14(3)11-15;/h9-11H,7-8,12-13H2,1-6H3,(H2,19,20,21);1H. The fraction of sp³-hybridized carbons (Fsp3) is 0.611. The molecule has 0 radical (unpaired) electrons. The summed E-state index contributed by atoms with van der Waals surface area (Å²) in [5, 5.41) is 6.57. The zero-order valence-corrected chi connectivity index (χ0v) is 18.1. The van der Waals surface area contributed by atoms with Gasteiger partial charge in [0.15, 0.2) is 5.96 Å². The second-order valence-electron chi connectivity index (χ2n) is 6.05. The van der Waals surface area contributed by atoms with Gasteiger partial charge in [-0.1, -0.05) is 12.1 Å². The molecule has 0 bridgehead atoms. The molecule has 5 nitrogen and oxygen atoms in total. The van der Waals surface area contributed by atoms with E-state index in [0.717, 1.165) is 29.4 Å². The van der Waals surface area contributed by atoms with Crippen molar-refractivity contribution in [3.8, 4) is 5.75 Å². The minimum atomic E-state index is -0.230. The molecule has 138 valence electrons. The van der Waals surface area contributed by atoms with Crippen LogP contribution in [0.1, 0.15) is 38.8 Å². The second kappa shape index (κ2) is 11.5. The fourth-order valence-corrected chi connectivity index (χ4v) is 2.01. The maximum Gasteiger partial charge on any atom is 0.191 e. The van der Waals surface area contributed by atoms with Gasteiger partial charge in [-0.05, 0) is 51.8 Å². The monoisotopic (exact) mass is 449 g/mol. The van der Waals surface area contributed by atoms with E-state index in [1.807, 2.05) is 26.8 Å². The largest absolute Gasteiger partial charge is 0.494 e.